The van der Waals surface area contributed by atoms with Crippen molar-refractivity contribution in [2.24, 2.45) is 5.73 Å². The molecule has 1 aliphatic carbocycles. The molecule has 1 atom stereocenters. The van der Waals surface area contributed by atoms with Gasteiger partial charge in [-0.2, -0.15) is 0 Å². The van der Waals surface area contributed by atoms with Crippen LogP contribution < -0.4 is 11.1 Å². The van der Waals surface area contributed by atoms with Crippen molar-refractivity contribution in [3.63, 3.8) is 0 Å². The van der Waals surface area contributed by atoms with Crippen molar-refractivity contribution >= 4 is 17.5 Å². The van der Waals surface area contributed by atoms with Crippen LogP contribution in [0, 0.1) is 0 Å². The van der Waals surface area contributed by atoms with E-state index in [0.717, 1.165) is 31.2 Å². The first-order valence-electron chi connectivity index (χ1n) is 6.90. The molecule has 1 unspecified atom stereocenters. The van der Waals surface area contributed by atoms with Crippen LogP contribution in [0.2, 0.25) is 5.02 Å². The van der Waals surface area contributed by atoms with Gasteiger partial charge in [0.2, 0.25) is 5.91 Å². The average molecular weight is 297 g/mol. The first-order valence-corrected chi connectivity index (χ1v) is 7.28. The van der Waals surface area contributed by atoms with Gasteiger partial charge in [0, 0.05) is 18.7 Å². The Labute approximate surface area is 124 Å². The highest BCUT2D eigenvalue weighted by Crippen LogP contribution is 2.27. The summed E-state index contributed by atoms with van der Waals surface area (Å²) in [7, 11) is 1.62. The number of benzene rings is 1. The molecule has 1 saturated carbocycles. The summed E-state index contributed by atoms with van der Waals surface area (Å²) in [6.45, 7) is 0.413. The fourth-order valence-electron chi connectivity index (χ4n) is 2.61. The molecule has 0 bridgehead atoms. The molecule has 1 aromatic carbocycles. The Hall–Kier alpha value is -1.10. The molecular formula is C15H21ClN2O2. The van der Waals surface area contributed by atoms with Crippen molar-refractivity contribution < 1.29 is 9.53 Å². The lowest BCUT2D eigenvalue weighted by molar-refractivity contribution is -0.126. The number of nitrogens with two attached hydrogens (primary N) is 1. The second kappa shape index (κ2) is 6.57. The molecule has 0 heterocycles. The van der Waals surface area contributed by atoms with Gasteiger partial charge in [-0.1, -0.05) is 36.6 Å². The molecule has 0 radical (unpaired) electrons. The molecule has 3 N–H and O–H groups in total. The molecule has 110 valence electrons. The summed E-state index contributed by atoms with van der Waals surface area (Å²) in [6.07, 6.45) is 3.37. The monoisotopic (exact) mass is 296 g/mol. The van der Waals surface area contributed by atoms with Crippen LogP contribution in [0.4, 0.5) is 0 Å². The van der Waals surface area contributed by atoms with Crippen LogP contribution in [0.5, 0.6) is 0 Å². The fraction of sp³-hybridized carbons (Fsp3) is 0.533. The summed E-state index contributed by atoms with van der Waals surface area (Å²) in [6, 6.07) is 7.42. The van der Waals surface area contributed by atoms with Gasteiger partial charge in [0.05, 0.1) is 11.6 Å². The Balaban J connectivity index is 1.94. The number of amides is 1. The fourth-order valence-corrected chi connectivity index (χ4v) is 2.74. The van der Waals surface area contributed by atoms with Gasteiger partial charge in [-0.05, 0) is 30.5 Å². The summed E-state index contributed by atoms with van der Waals surface area (Å²) in [5.41, 5.74) is 6.40. The number of rotatable bonds is 5. The molecule has 0 spiro atoms. The number of ether oxygens (including phenoxy) is 1. The third kappa shape index (κ3) is 3.51. The molecule has 4 nitrogen and oxygen atoms in total. The molecule has 20 heavy (non-hydrogen) atoms. The Morgan fingerprint density at radius 1 is 1.40 bits per heavy atom. The van der Waals surface area contributed by atoms with Crippen molar-refractivity contribution in [3.05, 3.63) is 34.9 Å². The van der Waals surface area contributed by atoms with Gasteiger partial charge in [0.25, 0.3) is 0 Å². The predicted octanol–water partition coefficient (Wildman–Crippen LogP) is 2.42. The molecule has 5 heteroatoms. The predicted molar refractivity (Wildman–Crippen MR) is 79.6 cm³/mol. The number of halogens is 1. The maximum absolute atomic E-state index is 12.2. The second-order valence-electron chi connectivity index (χ2n) is 5.35. The summed E-state index contributed by atoms with van der Waals surface area (Å²) in [5.74, 6) is -0.0778. The lowest BCUT2D eigenvalue weighted by atomic mass is 9.98. The van der Waals surface area contributed by atoms with E-state index in [1.54, 1.807) is 7.11 Å². The standard InChI is InChI=1S/C15H21ClN2O2/c1-20-13(11-4-6-12(16)7-5-11)10-18-14(19)15(17)8-2-3-9-15/h4-7,13H,2-3,8-10,17H2,1H3,(H,18,19). The van der Waals surface area contributed by atoms with Gasteiger partial charge >= 0.3 is 0 Å². The van der Waals surface area contributed by atoms with Crippen molar-refractivity contribution in [1.29, 1.82) is 0 Å². The molecule has 0 saturated heterocycles. The molecule has 1 aliphatic rings. The maximum Gasteiger partial charge on any atom is 0.240 e. The van der Waals surface area contributed by atoms with Gasteiger partial charge in [0.15, 0.2) is 0 Å². The van der Waals surface area contributed by atoms with Crippen LogP contribution in [-0.2, 0) is 9.53 Å². The van der Waals surface area contributed by atoms with E-state index >= 15 is 0 Å². The maximum atomic E-state index is 12.2. The van der Waals surface area contributed by atoms with Crippen molar-refractivity contribution in [2.75, 3.05) is 13.7 Å². The zero-order valence-corrected chi connectivity index (χ0v) is 12.5. The number of nitrogens with one attached hydrogen (secondary N) is 1. The molecule has 0 aromatic heterocycles. The quantitative estimate of drug-likeness (QED) is 0.877. The normalized spacial score (nSPS) is 18.8. The topological polar surface area (TPSA) is 64.3 Å². The van der Waals surface area contributed by atoms with Gasteiger partial charge in [0.1, 0.15) is 0 Å². The van der Waals surface area contributed by atoms with Crippen molar-refractivity contribution in [2.45, 2.75) is 37.3 Å². The molecule has 0 aliphatic heterocycles. The number of methoxy groups -OCH3 is 1. The first-order chi connectivity index (χ1) is 9.55. The van der Waals surface area contributed by atoms with Crippen LogP contribution in [0.15, 0.2) is 24.3 Å². The smallest absolute Gasteiger partial charge is 0.240 e. The van der Waals surface area contributed by atoms with E-state index in [9.17, 15) is 4.79 Å². The molecule has 2 rings (SSSR count). The Bertz CT molecular complexity index is 455. The lowest BCUT2D eigenvalue weighted by Gasteiger charge is -2.24. The number of hydrogen-bond acceptors (Lipinski definition) is 3. The summed E-state index contributed by atoms with van der Waals surface area (Å²) in [5, 5.41) is 3.59. The minimum Gasteiger partial charge on any atom is -0.375 e. The van der Waals surface area contributed by atoms with Gasteiger partial charge < -0.3 is 15.8 Å². The minimum absolute atomic E-state index is 0.0778. The summed E-state index contributed by atoms with van der Waals surface area (Å²) < 4.78 is 5.42. The number of carbonyl (C=O) groups is 1. The molecular weight excluding hydrogens is 276 g/mol. The molecule has 1 fully saturated rings. The van der Waals surface area contributed by atoms with Crippen molar-refractivity contribution in [3.8, 4) is 0 Å². The summed E-state index contributed by atoms with van der Waals surface area (Å²) >= 11 is 5.86. The number of hydrogen-bond donors (Lipinski definition) is 2. The van der Waals surface area contributed by atoms with Crippen LogP contribution in [-0.4, -0.2) is 25.1 Å². The summed E-state index contributed by atoms with van der Waals surface area (Å²) in [4.78, 5) is 12.2. The van der Waals surface area contributed by atoms with Gasteiger partial charge in [-0.3, -0.25) is 4.79 Å². The highest BCUT2D eigenvalue weighted by molar-refractivity contribution is 6.30. The van der Waals surface area contributed by atoms with E-state index in [1.165, 1.54) is 0 Å². The molecule has 1 amide bonds. The lowest BCUT2D eigenvalue weighted by Crippen LogP contribution is -2.52. The van der Waals surface area contributed by atoms with E-state index < -0.39 is 5.54 Å². The minimum atomic E-state index is -0.696. The van der Waals surface area contributed by atoms with Crippen LogP contribution >= 0.6 is 11.6 Å². The third-order valence-electron chi connectivity index (χ3n) is 3.92. The SMILES string of the molecule is COC(CNC(=O)C1(N)CCCC1)c1ccc(Cl)cc1. The Morgan fingerprint density at radius 2 is 2.00 bits per heavy atom. The Morgan fingerprint density at radius 3 is 2.55 bits per heavy atom. The zero-order chi connectivity index (χ0) is 14.6. The second-order valence-corrected chi connectivity index (χ2v) is 5.79. The van der Waals surface area contributed by atoms with Gasteiger partial charge in [-0.25, -0.2) is 0 Å². The van der Waals surface area contributed by atoms with Gasteiger partial charge in [-0.15, -0.1) is 0 Å². The highest BCUT2D eigenvalue weighted by atomic mass is 35.5. The zero-order valence-electron chi connectivity index (χ0n) is 11.7. The molecule has 1 aromatic rings. The largest absolute Gasteiger partial charge is 0.375 e. The number of carbonyl (C=O) groups excluding carboxylic acids is 1. The van der Waals surface area contributed by atoms with E-state index in [2.05, 4.69) is 5.32 Å². The van der Waals surface area contributed by atoms with Crippen molar-refractivity contribution in [1.82, 2.24) is 5.32 Å². The van der Waals surface area contributed by atoms with E-state index in [4.69, 9.17) is 22.1 Å². The van der Waals surface area contributed by atoms with Crippen LogP contribution in [0.25, 0.3) is 0 Å². The highest BCUT2D eigenvalue weighted by Gasteiger charge is 2.36. The average Bonchev–Trinajstić information content (AvgIpc) is 2.89. The van der Waals surface area contributed by atoms with E-state index in [1.807, 2.05) is 24.3 Å². The van der Waals surface area contributed by atoms with E-state index in [0.29, 0.717) is 11.6 Å². The van der Waals surface area contributed by atoms with Crippen LogP contribution in [0.1, 0.15) is 37.4 Å². The third-order valence-corrected chi connectivity index (χ3v) is 4.17. The first kappa shape index (κ1) is 15.3. The van der Waals surface area contributed by atoms with E-state index in [-0.39, 0.29) is 12.0 Å². The Kier molecular flexibility index (Phi) is 5.02. The van der Waals surface area contributed by atoms with Crippen LogP contribution in [0.3, 0.4) is 0 Å².